The van der Waals surface area contributed by atoms with Crippen LogP contribution in [-0.4, -0.2) is 19.2 Å². The van der Waals surface area contributed by atoms with Crippen molar-refractivity contribution < 1.29 is 9.13 Å². The maximum Gasteiger partial charge on any atom is 0.126 e. The Morgan fingerprint density at radius 1 is 1.37 bits per heavy atom. The summed E-state index contributed by atoms with van der Waals surface area (Å²) in [7, 11) is 1.98. The van der Waals surface area contributed by atoms with Crippen molar-refractivity contribution in [2.45, 2.75) is 52.2 Å². The Kier molecular flexibility index (Phi) is 4.14. The van der Waals surface area contributed by atoms with E-state index in [1.165, 1.54) is 18.6 Å². The minimum atomic E-state index is -0.239. The lowest BCUT2D eigenvalue weighted by molar-refractivity contribution is 0.0398. The summed E-state index contributed by atoms with van der Waals surface area (Å²) in [5, 5.41) is 3.38. The quantitative estimate of drug-likeness (QED) is 0.900. The van der Waals surface area contributed by atoms with Gasteiger partial charge in [-0.25, -0.2) is 4.39 Å². The molecule has 2 nitrogen and oxygen atoms in total. The second kappa shape index (κ2) is 5.49. The number of nitrogens with one attached hydrogen (secondary N) is 1. The van der Waals surface area contributed by atoms with Crippen molar-refractivity contribution in [1.82, 2.24) is 5.32 Å². The normalized spacial score (nSPS) is 26.2. The summed E-state index contributed by atoms with van der Waals surface area (Å²) in [6, 6.07) is 5.03. The fraction of sp³-hybridized carbons (Fsp3) is 0.625. The number of halogens is 1. The van der Waals surface area contributed by atoms with E-state index in [1.54, 1.807) is 6.07 Å². The van der Waals surface area contributed by atoms with Crippen LogP contribution in [0.5, 0.6) is 5.75 Å². The topological polar surface area (TPSA) is 21.3 Å². The van der Waals surface area contributed by atoms with Gasteiger partial charge in [-0.1, -0.05) is 19.9 Å². The number of hydrogen-bond donors (Lipinski definition) is 1. The molecule has 1 aliphatic rings. The van der Waals surface area contributed by atoms with Crippen LogP contribution in [0.2, 0.25) is 0 Å². The van der Waals surface area contributed by atoms with E-state index in [1.807, 2.05) is 14.0 Å². The summed E-state index contributed by atoms with van der Waals surface area (Å²) in [5.74, 6) is 0.430. The Balaban J connectivity index is 2.19. The molecule has 2 atom stereocenters. The van der Waals surface area contributed by atoms with Gasteiger partial charge in [-0.15, -0.1) is 0 Å². The Morgan fingerprint density at radius 2 is 2.11 bits per heavy atom. The van der Waals surface area contributed by atoms with Crippen molar-refractivity contribution in [2.24, 2.45) is 5.41 Å². The van der Waals surface area contributed by atoms with E-state index in [9.17, 15) is 4.39 Å². The van der Waals surface area contributed by atoms with Crippen molar-refractivity contribution in [3.05, 3.63) is 29.6 Å². The summed E-state index contributed by atoms with van der Waals surface area (Å²) >= 11 is 0. The van der Waals surface area contributed by atoms with Crippen LogP contribution in [0.4, 0.5) is 4.39 Å². The first-order valence-electron chi connectivity index (χ1n) is 7.04. The average molecular weight is 265 g/mol. The Hall–Kier alpha value is -1.09. The van der Waals surface area contributed by atoms with E-state index in [-0.39, 0.29) is 17.3 Å². The van der Waals surface area contributed by atoms with Crippen LogP contribution in [0.25, 0.3) is 0 Å². The first-order valence-corrected chi connectivity index (χ1v) is 7.04. The van der Waals surface area contributed by atoms with Crippen LogP contribution in [0.3, 0.4) is 0 Å². The lowest BCUT2D eigenvalue weighted by atomic mass is 9.72. The third kappa shape index (κ3) is 3.08. The lowest BCUT2D eigenvalue weighted by Gasteiger charge is -2.43. The Bertz CT molecular complexity index is 444. The number of likely N-dealkylation sites (N-methyl/N-ethyl adjacent to an activating group) is 1. The molecule has 1 N–H and O–H groups in total. The molecule has 2 rings (SSSR count). The molecule has 0 saturated heterocycles. The van der Waals surface area contributed by atoms with Crippen molar-refractivity contribution in [3.8, 4) is 5.75 Å². The Morgan fingerprint density at radius 3 is 2.79 bits per heavy atom. The van der Waals surface area contributed by atoms with E-state index in [2.05, 4.69) is 19.2 Å². The molecule has 0 bridgehead atoms. The summed E-state index contributed by atoms with van der Waals surface area (Å²) in [4.78, 5) is 0. The van der Waals surface area contributed by atoms with Crippen LogP contribution in [-0.2, 0) is 0 Å². The molecule has 0 aliphatic heterocycles. The zero-order chi connectivity index (χ0) is 14.0. The minimum Gasteiger partial charge on any atom is -0.488 e. The first-order chi connectivity index (χ1) is 8.94. The molecule has 1 saturated carbocycles. The molecule has 0 amide bonds. The van der Waals surface area contributed by atoms with Crippen molar-refractivity contribution >= 4 is 0 Å². The van der Waals surface area contributed by atoms with Gasteiger partial charge < -0.3 is 10.1 Å². The molecule has 0 spiro atoms. The average Bonchev–Trinajstić information content (AvgIpc) is 2.33. The second-order valence-electron chi connectivity index (χ2n) is 6.21. The SMILES string of the molecule is CNC1C(Oc2cc(F)ccc2C)CCCC1(C)C. The highest BCUT2D eigenvalue weighted by molar-refractivity contribution is 5.33. The Labute approximate surface area is 115 Å². The van der Waals surface area contributed by atoms with E-state index in [0.29, 0.717) is 11.8 Å². The van der Waals surface area contributed by atoms with Crippen molar-refractivity contribution in [2.75, 3.05) is 7.05 Å². The van der Waals surface area contributed by atoms with E-state index >= 15 is 0 Å². The highest BCUT2D eigenvalue weighted by Crippen LogP contribution is 2.37. The van der Waals surface area contributed by atoms with Crippen LogP contribution >= 0.6 is 0 Å². The largest absolute Gasteiger partial charge is 0.488 e. The number of aryl methyl sites for hydroxylation is 1. The number of rotatable bonds is 3. The highest BCUT2D eigenvalue weighted by atomic mass is 19.1. The number of ether oxygens (including phenoxy) is 1. The van der Waals surface area contributed by atoms with Gasteiger partial charge in [-0.3, -0.25) is 0 Å². The van der Waals surface area contributed by atoms with Gasteiger partial charge in [0.05, 0.1) is 0 Å². The van der Waals surface area contributed by atoms with Gasteiger partial charge in [0, 0.05) is 12.1 Å². The fourth-order valence-electron chi connectivity index (χ4n) is 3.15. The van der Waals surface area contributed by atoms with Crippen molar-refractivity contribution in [1.29, 1.82) is 0 Å². The van der Waals surface area contributed by atoms with E-state index in [0.717, 1.165) is 18.4 Å². The molecule has 1 aromatic rings. The third-order valence-corrected chi connectivity index (χ3v) is 4.26. The maximum absolute atomic E-state index is 13.3. The summed E-state index contributed by atoms with van der Waals surface area (Å²) in [6.07, 6.45) is 3.48. The molecular weight excluding hydrogens is 241 g/mol. The monoisotopic (exact) mass is 265 g/mol. The molecule has 19 heavy (non-hydrogen) atoms. The smallest absolute Gasteiger partial charge is 0.126 e. The first kappa shape index (κ1) is 14.3. The van der Waals surface area contributed by atoms with Gasteiger partial charge in [0.15, 0.2) is 0 Å². The molecular formula is C16H24FNO. The lowest BCUT2D eigenvalue weighted by Crippen LogP contribution is -2.53. The number of benzene rings is 1. The number of hydrogen-bond acceptors (Lipinski definition) is 2. The molecule has 0 radical (unpaired) electrons. The predicted molar refractivity (Wildman–Crippen MR) is 76.0 cm³/mol. The highest BCUT2D eigenvalue weighted by Gasteiger charge is 2.39. The molecule has 106 valence electrons. The molecule has 1 fully saturated rings. The van der Waals surface area contributed by atoms with E-state index < -0.39 is 0 Å². The molecule has 3 heteroatoms. The summed E-state index contributed by atoms with van der Waals surface area (Å²) in [5.41, 5.74) is 1.19. The summed E-state index contributed by atoms with van der Waals surface area (Å²) in [6.45, 7) is 6.49. The maximum atomic E-state index is 13.3. The third-order valence-electron chi connectivity index (χ3n) is 4.26. The zero-order valence-electron chi connectivity index (χ0n) is 12.3. The van der Waals surface area contributed by atoms with Crippen LogP contribution in [0.15, 0.2) is 18.2 Å². The van der Waals surface area contributed by atoms with Crippen LogP contribution < -0.4 is 10.1 Å². The van der Waals surface area contributed by atoms with Gasteiger partial charge in [-0.05, 0) is 50.3 Å². The molecule has 0 heterocycles. The molecule has 1 aliphatic carbocycles. The molecule has 2 unspecified atom stereocenters. The van der Waals surface area contributed by atoms with Crippen LogP contribution in [0, 0.1) is 18.2 Å². The van der Waals surface area contributed by atoms with Crippen molar-refractivity contribution in [3.63, 3.8) is 0 Å². The van der Waals surface area contributed by atoms with Gasteiger partial charge in [0.2, 0.25) is 0 Å². The molecule has 1 aromatic carbocycles. The molecule has 0 aromatic heterocycles. The van der Waals surface area contributed by atoms with Gasteiger partial charge >= 0.3 is 0 Å². The van der Waals surface area contributed by atoms with E-state index in [4.69, 9.17) is 4.74 Å². The standard InChI is InChI=1S/C16H24FNO/c1-11-7-8-12(17)10-14(11)19-13-6-5-9-16(2,3)15(13)18-4/h7-8,10,13,15,18H,5-6,9H2,1-4H3. The van der Waals surface area contributed by atoms with Gasteiger partial charge in [0.1, 0.15) is 17.7 Å². The second-order valence-corrected chi connectivity index (χ2v) is 6.21. The zero-order valence-corrected chi connectivity index (χ0v) is 12.3. The van der Waals surface area contributed by atoms with Gasteiger partial charge in [0.25, 0.3) is 0 Å². The van der Waals surface area contributed by atoms with Gasteiger partial charge in [-0.2, -0.15) is 0 Å². The predicted octanol–water partition coefficient (Wildman–Crippen LogP) is 3.68. The minimum absolute atomic E-state index is 0.106. The fourth-order valence-corrected chi connectivity index (χ4v) is 3.15. The summed E-state index contributed by atoms with van der Waals surface area (Å²) < 4.78 is 19.4. The van der Waals surface area contributed by atoms with Crippen LogP contribution in [0.1, 0.15) is 38.7 Å².